The summed E-state index contributed by atoms with van der Waals surface area (Å²) in [7, 11) is 0. The molecule has 2 unspecified atom stereocenters. The molecule has 0 saturated heterocycles. The lowest BCUT2D eigenvalue weighted by molar-refractivity contribution is -0.384. The number of nitrogens with one attached hydrogen (secondary N) is 1. The molecule has 1 aromatic rings. The third-order valence-electron chi connectivity index (χ3n) is 3.96. The van der Waals surface area contributed by atoms with Crippen molar-refractivity contribution in [1.29, 1.82) is 0 Å². The predicted octanol–water partition coefficient (Wildman–Crippen LogP) is 4.77. The van der Waals surface area contributed by atoms with Crippen LogP contribution in [-0.4, -0.2) is 11.0 Å². The van der Waals surface area contributed by atoms with E-state index in [0.717, 1.165) is 37.8 Å². The zero-order valence-corrected chi connectivity index (χ0v) is 12.1. The number of rotatable bonds is 4. The number of halogens is 2. The fourth-order valence-electron chi connectivity index (χ4n) is 2.82. The lowest BCUT2D eigenvalue weighted by Crippen LogP contribution is -2.27. The van der Waals surface area contributed by atoms with E-state index >= 15 is 0 Å². The molecule has 0 radical (unpaired) electrons. The van der Waals surface area contributed by atoms with Crippen molar-refractivity contribution in [2.24, 2.45) is 5.92 Å². The first kappa shape index (κ1) is 15.0. The van der Waals surface area contributed by atoms with Crippen molar-refractivity contribution < 1.29 is 9.31 Å². The summed E-state index contributed by atoms with van der Waals surface area (Å²) in [6.45, 7) is 2.15. The molecule has 0 heterocycles. The molecule has 1 saturated carbocycles. The molecule has 1 aromatic carbocycles. The second-order valence-electron chi connectivity index (χ2n) is 5.32. The summed E-state index contributed by atoms with van der Waals surface area (Å²) in [6.07, 6.45) is 5.33. The third-order valence-corrected chi connectivity index (χ3v) is 4.24. The highest BCUT2D eigenvalue weighted by atomic mass is 35.5. The first-order valence-corrected chi connectivity index (χ1v) is 7.29. The first-order chi connectivity index (χ1) is 9.51. The molecular weight excluding hydrogens is 283 g/mol. The van der Waals surface area contributed by atoms with Gasteiger partial charge in [-0.05, 0) is 18.8 Å². The SMILES string of the molecule is CCC1CCCC(Nc2cc(F)c(Cl)cc2[N+](=O)[O-])C1. The van der Waals surface area contributed by atoms with E-state index in [-0.39, 0.29) is 22.4 Å². The van der Waals surface area contributed by atoms with Crippen LogP contribution in [0.4, 0.5) is 15.8 Å². The number of nitro groups is 1. The second kappa shape index (κ2) is 6.39. The summed E-state index contributed by atoms with van der Waals surface area (Å²) < 4.78 is 13.5. The van der Waals surface area contributed by atoms with Crippen molar-refractivity contribution in [2.45, 2.75) is 45.1 Å². The quantitative estimate of drug-likeness (QED) is 0.644. The van der Waals surface area contributed by atoms with E-state index < -0.39 is 10.7 Å². The normalized spacial score (nSPS) is 22.6. The van der Waals surface area contributed by atoms with Gasteiger partial charge < -0.3 is 5.32 Å². The minimum Gasteiger partial charge on any atom is -0.377 e. The van der Waals surface area contributed by atoms with Crippen LogP contribution in [0.25, 0.3) is 0 Å². The number of hydrogen-bond acceptors (Lipinski definition) is 3. The molecule has 1 aliphatic rings. The Morgan fingerprint density at radius 3 is 2.90 bits per heavy atom. The maximum absolute atomic E-state index is 13.5. The molecule has 6 heteroatoms. The van der Waals surface area contributed by atoms with E-state index in [2.05, 4.69) is 12.2 Å². The van der Waals surface area contributed by atoms with E-state index in [1.54, 1.807) is 0 Å². The van der Waals surface area contributed by atoms with Crippen LogP contribution in [0, 0.1) is 21.8 Å². The zero-order chi connectivity index (χ0) is 14.7. The Kier molecular flexibility index (Phi) is 4.81. The molecule has 0 spiro atoms. The van der Waals surface area contributed by atoms with E-state index in [1.165, 1.54) is 6.42 Å². The second-order valence-corrected chi connectivity index (χ2v) is 5.73. The number of nitro benzene ring substituents is 1. The Labute approximate surface area is 122 Å². The number of nitrogens with zero attached hydrogens (tertiary/aromatic N) is 1. The zero-order valence-electron chi connectivity index (χ0n) is 11.4. The first-order valence-electron chi connectivity index (χ1n) is 6.91. The van der Waals surface area contributed by atoms with Gasteiger partial charge in [0.2, 0.25) is 0 Å². The van der Waals surface area contributed by atoms with E-state index in [4.69, 9.17) is 11.6 Å². The monoisotopic (exact) mass is 300 g/mol. The molecule has 0 aliphatic heterocycles. The molecule has 20 heavy (non-hydrogen) atoms. The van der Waals surface area contributed by atoms with Crippen molar-refractivity contribution in [1.82, 2.24) is 0 Å². The Bertz CT molecular complexity index is 510. The van der Waals surface area contributed by atoms with E-state index in [9.17, 15) is 14.5 Å². The topological polar surface area (TPSA) is 55.2 Å². The molecule has 1 N–H and O–H groups in total. The Morgan fingerprint density at radius 2 is 2.25 bits per heavy atom. The average molecular weight is 301 g/mol. The summed E-state index contributed by atoms with van der Waals surface area (Å²) in [6, 6.07) is 2.35. The largest absolute Gasteiger partial charge is 0.377 e. The lowest BCUT2D eigenvalue weighted by atomic mass is 9.84. The van der Waals surface area contributed by atoms with Gasteiger partial charge in [-0.15, -0.1) is 0 Å². The summed E-state index contributed by atoms with van der Waals surface area (Å²) in [4.78, 5) is 10.5. The number of hydrogen-bond donors (Lipinski definition) is 1. The summed E-state index contributed by atoms with van der Waals surface area (Å²) in [5, 5.41) is 13.9. The van der Waals surface area contributed by atoms with Gasteiger partial charge in [0, 0.05) is 18.2 Å². The molecule has 4 nitrogen and oxygen atoms in total. The summed E-state index contributed by atoms with van der Waals surface area (Å²) in [5.41, 5.74) is 0.0497. The highest BCUT2D eigenvalue weighted by molar-refractivity contribution is 6.31. The highest BCUT2D eigenvalue weighted by Gasteiger charge is 2.24. The molecule has 1 fully saturated rings. The number of anilines is 1. The molecular formula is C14H18ClFN2O2. The molecule has 0 amide bonds. The van der Waals surface area contributed by atoms with Gasteiger partial charge in [0.05, 0.1) is 9.95 Å². The minimum atomic E-state index is -0.636. The van der Waals surface area contributed by atoms with Crippen LogP contribution in [0.15, 0.2) is 12.1 Å². The van der Waals surface area contributed by atoms with Crippen LogP contribution in [0.3, 0.4) is 0 Å². The van der Waals surface area contributed by atoms with Crippen LogP contribution in [0.2, 0.25) is 5.02 Å². The molecule has 0 aromatic heterocycles. The predicted molar refractivity (Wildman–Crippen MR) is 77.7 cm³/mol. The van der Waals surface area contributed by atoms with E-state index in [1.807, 2.05) is 0 Å². The van der Waals surface area contributed by atoms with Gasteiger partial charge in [-0.25, -0.2) is 4.39 Å². The van der Waals surface area contributed by atoms with Crippen molar-refractivity contribution in [3.63, 3.8) is 0 Å². The third kappa shape index (κ3) is 3.39. The van der Waals surface area contributed by atoms with Gasteiger partial charge in [0.15, 0.2) is 0 Å². The molecule has 2 rings (SSSR count). The number of benzene rings is 1. The van der Waals surface area contributed by atoms with Crippen LogP contribution in [0.1, 0.15) is 39.0 Å². The summed E-state index contributed by atoms with van der Waals surface area (Å²) in [5.74, 6) is 0.0000656. The van der Waals surface area contributed by atoms with Crippen LogP contribution in [-0.2, 0) is 0 Å². The average Bonchev–Trinajstić information content (AvgIpc) is 2.42. The van der Waals surface area contributed by atoms with Gasteiger partial charge in [-0.1, -0.05) is 37.8 Å². The maximum atomic E-state index is 13.5. The van der Waals surface area contributed by atoms with Gasteiger partial charge in [0.25, 0.3) is 5.69 Å². The fraction of sp³-hybridized carbons (Fsp3) is 0.571. The van der Waals surface area contributed by atoms with Crippen molar-refractivity contribution in [3.8, 4) is 0 Å². The molecule has 2 atom stereocenters. The van der Waals surface area contributed by atoms with Crippen LogP contribution in [0.5, 0.6) is 0 Å². The highest BCUT2D eigenvalue weighted by Crippen LogP contribution is 2.34. The van der Waals surface area contributed by atoms with E-state index in [0.29, 0.717) is 5.92 Å². The molecule has 0 bridgehead atoms. The smallest absolute Gasteiger partial charge is 0.294 e. The van der Waals surface area contributed by atoms with Gasteiger partial charge in [-0.3, -0.25) is 10.1 Å². The maximum Gasteiger partial charge on any atom is 0.294 e. The summed E-state index contributed by atoms with van der Waals surface area (Å²) >= 11 is 5.61. The van der Waals surface area contributed by atoms with Gasteiger partial charge in [-0.2, -0.15) is 0 Å². The fourth-order valence-corrected chi connectivity index (χ4v) is 2.97. The van der Waals surface area contributed by atoms with Crippen LogP contribution >= 0.6 is 11.6 Å². The van der Waals surface area contributed by atoms with Crippen molar-refractivity contribution in [2.75, 3.05) is 5.32 Å². The van der Waals surface area contributed by atoms with Gasteiger partial charge >= 0.3 is 0 Å². The van der Waals surface area contributed by atoms with Gasteiger partial charge in [0.1, 0.15) is 11.5 Å². The standard InChI is InChI=1S/C14H18ClFN2O2/c1-2-9-4-3-5-10(6-9)17-13-8-12(16)11(15)7-14(13)18(19)20/h7-10,17H,2-6H2,1H3. The molecule has 110 valence electrons. The Hall–Kier alpha value is -1.36. The van der Waals surface area contributed by atoms with Crippen molar-refractivity contribution >= 4 is 23.0 Å². The van der Waals surface area contributed by atoms with Crippen LogP contribution < -0.4 is 5.32 Å². The Morgan fingerprint density at radius 1 is 1.50 bits per heavy atom. The molecule has 1 aliphatic carbocycles. The lowest BCUT2D eigenvalue weighted by Gasteiger charge is -2.29. The Balaban J connectivity index is 2.19. The van der Waals surface area contributed by atoms with Crippen molar-refractivity contribution in [3.05, 3.63) is 33.1 Å². The minimum absolute atomic E-state index is 0.160.